The molecule has 0 aliphatic rings. The summed E-state index contributed by atoms with van der Waals surface area (Å²) in [5.41, 5.74) is -1.35. The number of alkyl halides is 3. The van der Waals surface area contributed by atoms with Crippen LogP contribution in [0.4, 0.5) is 18.9 Å². The summed E-state index contributed by atoms with van der Waals surface area (Å²) in [5, 5.41) is 8.95. The van der Waals surface area contributed by atoms with Crippen LogP contribution in [0.25, 0.3) is 0 Å². The van der Waals surface area contributed by atoms with Crippen molar-refractivity contribution in [2.45, 2.75) is 20.0 Å². The highest BCUT2D eigenvalue weighted by Crippen LogP contribution is 2.36. The molecule has 0 amide bonds. The van der Waals surface area contributed by atoms with Gasteiger partial charge in [0.2, 0.25) is 0 Å². The predicted octanol–water partition coefficient (Wildman–Crippen LogP) is 4.46. The van der Waals surface area contributed by atoms with Crippen LogP contribution in [0.3, 0.4) is 0 Å². The smallest absolute Gasteiger partial charge is 0.417 e. The normalized spacial score (nSPS) is 13.2. The maximum atomic E-state index is 12.7. The Morgan fingerprint density at radius 3 is 2.59 bits per heavy atom. The van der Waals surface area contributed by atoms with Gasteiger partial charge in [-0.3, -0.25) is 4.99 Å². The molecule has 1 aromatic carbocycles. The fourth-order valence-corrected chi connectivity index (χ4v) is 1.68. The van der Waals surface area contributed by atoms with Gasteiger partial charge >= 0.3 is 12.1 Å². The van der Waals surface area contributed by atoms with Gasteiger partial charge in [0, 0.05) is 6.21 Å². The molecule has 4 nitrogen and oxygen atoms in total. The minimum absolute atomic E-state index is 0.0697. The zero-order valence-corrected chi connectivity index (χ0v) is 12.5. The van der Waals surface area contributed by atoms with Crippen molar-refractivity contribution in [3.63, 3.8) is 0 Å². The van der Waals surface area contributed by atoms with Crippen molar-refractivity contribution < 1.29 is 27.8 Å². The minimum atomic E-state index is -4.62. The standard InChI is InChI=1S/C14H13ClF3NO3/c1-3-22-13(21)10(8(2)20)7-19-9-4-5-12(15)11(6-9)14(16,17)18/h4-7,20H,3H2,1-2H3. The Morgan fingerprint density at radius 2 is 2.09 bits per heavy atom. The molecule has 120 valence electrons. The lowest BCUT2D eigenvalue weighted by molar-refractivity contribution is -0.138. The van der Waals surface area contributed by atoms with Gasteiger partial charge in [0.25, 0.3) is 0 Å². The Kier molecular flexibility index (Phi) is 5.99. The highest BCUT2D eigenvalue weighted by atomic mass is 35.5. The van der Waals surface area contributed by atoms with E-state index in [0.29, 0.717) is 0 Å². The maximum absolute atomic E-state index is 12.7. The summed E-state index contributed by atoms with van der Waals surface area (Å²) in [6.45, 7) is 2.90. The summed E-state index contributed by atoms with van der Waals surface area (Å²) in [7, 11) is 0. The van der Waals surface area contributed by atoms with Gasteiger partial charge in [0.15, 0.2) is 0 Å². The van der Waals surface area contributed by atoms with Gasteiger partial charge < -0.3 is 9.84 Å². The quantitative estimate of drug-likeness (QED) is 0.382. The molecule has 0 unspecified atom stereocenters. The van der Waals surface area contributed by atoms with E-state index >= 15 is 0 Å². The highest BCUT2D eigenvalue weighted by molar-refractivity contribution is 6.31. The van der Waals surface area contributed by atoms with Crippen LogP contribution in [-0.4, -0.2) is 23.9 Å². The molecule has 1 N–H and O–H groups in total. The molecule has 0 atom stereocenters. The molecule has 22 heavy (non-hydrogen) atoms. The Bertz CT molecular complexity index is 620. The van der Waals surface area contributed by atoms with Gasteiger partial charge in [0.05, 0.1) is 22.9 Å². The van der Waals surface area contributed by atoms with E-state index in [-0.39, 0.29) is 23.6 Å². The first kappa shape index (κ1) is 18.0. The number of ether oxygens (including phenoxy) is 1. The second-order valence-electron chi connectivity index (χ2n) is 4.14. The first-order chi connectivity index (χ1) is 10.2. The van der Waals surface area contributed by atoms with Crippen LogP contribution in [-0.2, 0) is 15.7 Å². The lowest BCUT2D eigenvalue weighted by atomic mass is 10.2. The van der Waals surface area contributed by atoms with Gasteiger partial charge in [-0.1, -0.05) is 11.6 Å². The topological polar surface area (TPSA) is 58.9 Å². The van der Waals surface area contributed by atoms with Crippen LogP contribution in [0.2, 0.25) is 5.02 Å². The van der Waals surface area contributed by atoms with Gasteiger partial charge in [-0.05, 0) is 32.0 Å². The second kappa shape index (κ2) is 7.31. The highest BCUT2D eigenvalue weighted by Gasteiger charge is 2.33. The molecule has 0 aliphatic heterocycles. The average molecular weight is 336 g/mol. The number of hydrogen-bond donors (Lipinski definition) is 1. The van der Waals surface area contributed by atoms with E-state index in [4.69, 9.17) is 16.3 Å². The number of aliphatic hydroxyl groups is 1. The van der Waals surface area contributed by atoms with E-state index < -0.39 is 22.7 Å². The zero-order chi connectivity index (χ0) is 16.9. The molecule has 1 rings (SSSR count). The molecule has 0 bridgehead atoms. The lowest BCUT2D eigenvalue weighted by Gasteiger charge is -2.09. The van der Waals surface area contributed by atoms with Gasteiger partial charge in [0.1, 0.15) is 11.3 Å². The number of carbonyl (C=O) groups is 1. The fourth-order valence-electron chi connectivity index (χ4n) is 1.45. The monoisotopic (exact) mass is 335 g/mol. The van der Waals surface area contributed by atoms with Crippen molar-refractivity contribution in [3.05, 3.63) is 40.1 Å². The van der Waals surface area contributed by atoms with E-state index in [1.54, 1.807) is 6.92 Å². The van der Waals surface area contributed by atoms with E-state index in [1.165, 1.54) is 13.0 Å². The van der Waals surface area contributed by atoms with Crippen LogP contribution in [0.1, 0.15) is 19.4 Å². The maximum Gasteiger partial charge on any atom is 0.417 e. The molecule has 0 spiro atoms. The molecule has 0 heterocycles. The van der Waals surface area contributed by atoms with Crippen LogP contribution in [0, 0.1) is 0 Å². The van der Waals surface area contributed by atoms with E-state index in [9.17, 15) is 23.1 Å². The van der Waals surface area contributed by atoms with Crippen molar-refractivity contribution in [3.8, 4) is 0 Å². The fraction of sp³-hybridized carbons (Fsp3) is 0.286. The molecule has 0 saturated heterocycles. The summed E-state index contributed by atoms with van der Waals surface area (Å²) < 4.78 is 42.9. The Labute approximate surface area is 129 Å². The second-order valence-corrected chi connectivity index (χ2v) is 4.55. The summed E-state index contributed by atoms with van der Waals surface area (Å²) in [6, 6.07) is 3.05. The van der Waals surface area contributed by atoms with Gasteiger partial charge in [-0.25, -0.2) is 4.79 Å². The van der Waals surface area contributed by atoms with Crippen LogP contribution < -0.4 is 0 Å². The summed E-state index contributed by atoms with van der Waals surface area (Å²) in [4.78, 5) is 15.3. The molecule has 0 aromatic heterocycles. The average Bonchev–Trinajstić information content (AvgIpc) is 2.39. The van der Waals surface area contributed by atoms with E-state index in [2.05, 4.69) is 4.99 Å². The number of carbonyl (C=O) groups excluding carboxylic acids is 1. The molecule has 8 heteroatoms. The Morgan fingerprint density at radius 1 is 1.45 bits per heavy atom. The molecule has 0 fully saturated rings. The number of nitrogens with zero attached hydrogens (tertiary/aromatic N) is 1. The number of allylic oxidation sites excluding steroid dienone is 1. The SMILES string of the molecule is CCOC(=O)C(C=Nc1ccc(Cl)c(C(F)(F)F)c1)=C(C)O. The minimum Gasteiger partial charge on any atom is -0.512 e. The Hall–Kier alpha value is -2.02. The largest absolute Gasteiger partial charge is 0.512 e. The summed E-state index contributed by atoms with van der Waals surface area (Å²) in [5.74, 6) is -1.18. The van der Waals surface area contributed by atoms with Gasteiger partial charge in [-0.2, -0.15) is 13.2 Å². The molecule has 0 aliphatic carbocycles. The van der Waals surface area contributed by atoms with Gasteiger partial charge in [-0.15, -0.1) is 0 Å². The molecule has 0 radical (unpaired) electrons. The Balaban J connectivity index is 3.13. The summed E-state index contributed by atoms with van der Waals surface area (Å²) >= 11 is 5.49. The molecular weight excluding hydrogens is 323 g/mol. The number of benzene rings is 1. The number of hydrogen-bond acceptors (Lipinski definition) is 4. The zero-order valence-electron chi connectivity index (χ0n) is 11.7. The third-order valence-corrected chi connectivity index (χ3v) is 2.81. The molecule has 0 saturated carbocycles. The number of aliphatic imine (C=N–C) groups is 1. The van der Waals surface area contributed by atoms with Crippen molar-refractivity contribution in [1.29, 1.82) is 0 Å². The van der Waals surface area contributed by atoms with Crippen molar-refractivity contribution in [2.75, 3.05) is 6.61 Å². The summed E-state index contributed by atoms with van der Waals surface area (Å²) in [6.07, 6.45) is -3.67. The molecule has 1 aromatic rings. The van der Waals surface area contributed by atoms with Crippen LogP contribution in [0.5, 0.6) is 0 Å². The first-order valence-corrected chi connectivity index (χ1v) is 6.52. The van der Waals surface area contributed by atoms with Crippen molar-refractivity contribution in [1.82, 2.24) is 0 Å². The third kappa shape index (κ3) is 4.77. The van der Waals surface area contributed by atoms with Crippen LogP contribution >= 0.6 is 11.6 Å². The van der Waals surface area contributed by atoms with Crippen molar-refractivity contribution in [2.24, 2.45) is 4.99 Å². The van der Waals surface area contributed by atoms with Crippen LogP contribution in [0.15, 0.2) is 34.5 Å². The number of halogens is 4. The third-order valence-electron chi connectivity index (χ3n) is 2.48. The number of aliphatic hydroxyl groups excluding tert-OH is 1. The lowest BCUT2D eigenvalue weighted by Crippen LogP contribution is -2.10. The molecular formula is C14H13ClF3NO3. The number of esters is 1. The predicted molar refractivity (Wildman–Crippen MR) is 76.6 cm³/mol. The van der Waals surface area contributed by atoms with Crippen molar-refractivity contribution >= 4 is 29.5 Å². The van der Waals surface area contributed by atoms with E-state index in [0.717, 1.165) is 18.3 Å². The first-order valence-electron chi connectivity index (χ1n) is 6.14. The van der Waals surface area contributed by atoms with E-state index in [1.807, 2.05) is 0 Å². The number of rotatable bonds is 4.